The van der Waals surface area contributed by atoms with E-state index < -0.39 is 40.1 Å². The Bertz CT molecular complexity index is 1240. The molecule has 0 aliphatic carbocycles. The van der Waals surface area contributed by atoms with Crippen LogP contribution in [0.3, 0.4) is 0 Å². The lowest BCUT2D eigenvalue weighted by Crippen LogP contribution is -2.38. The molecule has 186 valence electrons. The number of carboxylic acids is 1. The number of carbonyl (C=O) groups is 1. The largest absolute Gasteiger partial charge is 0.478 e. The molecular weight excluding hydrogens is 486 g/mol. The Labute approximate surface area is 202 Å². The predicted octanol–water partition coefficient (Wildman–Crippen LogP) is 5.91. The number of hydrogen-bond acceptors (Lipinski definition) is 3. The highest BCUT2D eigenvalue weighted by Gasteiger charge is 2.32. The van der Waals surface area contributed by atoms with Crippen molar-refractivity contribution >= 4 is 17.0 Å². The second-order valence-electron chi connectivity index (χ2n) is 8.32. The van der Waals surface area contributed by atoms with Gasteiger partial charge >= 0.3 is 12.1 Å². The van der Waals surface area contributed by atoms with Gasteiger partial charge in [0, 0.05) is 19.2 Å². The van der Waals surface area contributed by atoms with Gasteiger partial charge in [-0.25, -0.2) is 17.7 Å². The molecule has 3 aromatic rings. The SMILES string of the molecule is CN(Cc1ccc(OC(C)(C)C(=O)O)c(-c2cccc(C(F)(F)F)c2)c1)S(=O)c1ccc(F)cc1. The molecule has 0 amide bonds. The van der Waals surface area contributed by atoms with Crippen LogP contribution in [-0.4, -0.2) is 32.2 Å². The molecule has 0 bridgehead atoms. The Kier molecular flexibility index (Phi) is 7.66. The van der Waals surface area contributed by atoms with Crippen LogP contribution >= 0.6 is 0 Å². The predicted molar refractivity (Wildman–Crippen MR) is 123 cm³/mol. The molecule has 5 nitrogen and oxygen atoms in total. The molecule has 0 heterocycles. The molecule has 0 spiro atoms. The first-order chi connectivity index (χ1) is 16.3. The van der Waals surface area contributed by atoms with Crippen LogP contribution in [-0.2, 0) is 28.5 Å². The highest BCUT2D eigenvalue weighted by atomic mass is 32.2. The van der Waals surface area contributed by atoms with Gasteiger partial charge in [-0.1, -0.05) is 18.2 Å². The summed E-state index contributed by atoms with van der Waals surface area (Å²) in [6, 6.07) is 14.5. The molecule has 0 aromatic heterocycles. The summed E-state index contributed by atoms with van der Waals surface area (Å²) in [5, 5.41) is 9.44. The smallest absolute Gasteiger partial charge is 0.416 e. The third-order valence-electron chi connectivity index (χ3n) is 5.13. The first-order valence-corrected chi connectivity index (χ1v) is 11.5. The Morgan fingerprint density at radius 2 is 1.69 bits per heavy atom. The topological polar surface area (TPSA) is 66.8 Å². The van der Waals surface area contributed by atoms with Gasteiger partial charge in [0.15, 0.2) is 5.60 Å². The van der Waals surface area contributed by atoms with E-state index in [0.717, 1.165) is 12.1 Å². The fourth-order valence-corrected chi connectivity index (χ4v) is 4.21. The zero-order valence-corrected chi connectivity index (χ0v) is 19.9. The lowest BCUT2D eigenvalue weighted by atomic mass is 9.99. The molecular formula is C25H23F4NO4S. The van der Waals surface area contributed by atoms with E-state index in [9.17, 15) is 31.7 Å². The summed E-state index contributed by atoms with van der Waals surface area (Å²) in [7, 11) is -0.0372. The van der Waals surface area contributed by atoms with E-state index in [1.54, 1.807) is 19.2 Å². The molecule has 0 saturated carbocycles. The van der Waals surface area contributed by atoms with Crippen LogP contribution in [0.15, 0.2) is 71.6 Å². The van der Waals surface area contributed by atoms with Gasteiger partial charge in [0.05, 0.1) is 10.5 Å². The standard InChI is InChI=1S/C25H23F4NO4S/c1-24(2,23(31)32)34-22-12-7-16(15-30(3)35(33)20-10-8-19(26)9-11-20)13-21(22)17-5-4-6-18(14-17)25(27,28)29/h4-14H,15H2,1-3H3,(H,31,32). The molecule has 3 rings (SSSR count). The van der Waals surface area contributed by atoms with Crippen molar-refractivity contribution in [3.63, 3.8) is 0 Å². The van der Waals surface area contributed by atoms with Gasteiger partial charge in [0.25, 0.3) is 0 Å². The number of aliphatic carboxylic acids is 1. The number of benzene rings is 3. The molecule has 0 radical (unpaired) electrons. The van der Waals surface area contributed by atoms with Crippen LogP contribution in [0.4, 0.5) is 17.6 Å². The zero-order valence-electron chi connectivity index (χ0n) is 19.1. The second kappa shape index (κ2) is 10.2. The number of alkyl halides is 3. The Morgan fingerprint density at radius 3 is 2.29 bits per heavy atom. The van der Waals surface area contributed by atoms with Gasteiger partial charge in [0.1, 0.15) is 22.6 Å². The summed E-state index contributed by atoms with van der Waals surface area (Å²) >= 11 is 0. The van der Waals surface area contributed by atoms with Crippen molar-refractivity contribution in [2.24, 2.45) is 0 Å². The minimum absolute atomic E-state index is 0.0859. The third-order valence-corrected chi connectivity index (χ3v) is 6.50. The van der Waals surface area contributed by atoms with Crippen molar-refractivity contribution in [2.45, 2.75) is 37.1 Å². The lowest BCUT2D eigenvalue weighted by molar-refractivity contribution is -0.152. The summed E-state index contributed by atoms with van der Waals surface area (Å²) in [6.45, 7) is 2.80. The number of carboxylic acid groups (broad SMARTS) is 1. The first-order valence-electron chi connectivity index (χ1n) is 10.4. The van der Waals surface area contributed by atoms with Gasteiger partial charge in [-0.3, -0.25) is 0 Å². The average molecular weight is 510 g/mol. The van der Waals surface area contributed by atoms with E-state index in [1.807, 2.05) is 0 Å². The number of rotatable bonds is 8. The molecule has 1 N–H and O–H groups in total. The third kappa shape index (κ3) is 6.46. The van der Waals surface area contributed by atoms with Crippen LogP contribution < -0.4 is 4.74 Å². The molecule has 0 aliphatic rings. The van der Waals surface area contributed by atoms with E-state index in [-0.39, 0.29) is 23.4 Å². The van der Waals surface area contributed by atoms with E-state index in [4.69, 9.17) is 4.74 Å². The van der Waals surface area contributed by atoms with Crippen molar-refractivity contribution < 1.29 is 36.4 Å². The van der Waals surface area contributed by atoms with Gasteiger partial charge in [-0.2, -0.15) is 13.2 Å². The van der Waals surface area contributed by atoms with Crippen molar-refractivity contribution in [3.8, 4) is 16.9 Å². The van der Waals surface area contributed by atoms with Crippen molar-refractivity contribution in [1.29, 1.82) is 0 Å². The molecule has 1 atom stereocenters. The number of halogens is 4. The minimum Gasteiger partial charge on any atom is -0.478 e. The van der Waals surface area contributed by atoms with Crippen LogP contribution in [0.5, 0.6) is 5.75 Å². The second-order valence-corrected chi connectivity index (χ2v) is 9.91. The Hall–Kier alpha value is -3.24. The Balaban J connectivity index is 2.00. The molecule has 0 fully saturated rings. The molecule has 0 aliphatic heterocycles. The normalized spacial score (nSPS) is 13.0. The van der Waals surface area contributed by atoms with E-state index in [0.29, 0.717) is 10.5 Å². The summed E-state index contributed by atoms with van der Waals surface area (Å²) in [5.74, 6) is -1.62. The summed E-state index contributed by atoms with van der Waals surface area (Å²) < 4.78 is 73.1. The quantitative estimate of drug-likeness (QED) is 0.384. The van der Waals surface area contributed by atoms with Gasteiger partial charge in [-0.15, -0.1) is 0 Å². The number of hydrogen-bond donors (Lipinski definition) is 1. The summed E-state index contributed by atoms with van der Waals surface area (Å²) in [4.78, 5) is 11.9. The van der Waals surface area contributed by atoms with E-state index >= 15 is 0 Å². The number of nitrogens with zero attached hydrogens (tertiary/aromatic N) is 1. The Morgan fingerprint density at radius 1 is 1.03 bits per heavy atom. The van der Waals surface area contributed by atoms with Crippen molar-refractivity contribution in [2.75, 3.05) is 7.05 Å². The molecule has 35 heavy (non-hydrogen) atoms. The maximum atomic E-state index is 13.3. The molecule has 3 aromatic carbocycles. The van der Waals surface area contributed by atoms with Crippen LogP contribution in [0.2, 0.25) is 0 Å². The highest BCUT2D eigenvalue weighted by Crippen LogP contribution is 2.37. The molecule has 0 saturated heterocycles. The summed E-state index contributed by atoms with van der Waals surface area (Å²) in [6.07, 6.45) is -4.57. The van der Waals surface area contributed by atoms with Gasteiger partial charge < -0.3 is 9.84 Å². The summed E-state index contributed by atoms with van der Waals surface area (Å²) in [5.41, 5.74) is -1.48. The van der Waals surface area contributed by atoms with Gasteiger partial charge in [0.2, 0.25) is 0 Å². The van der Waals surface area contributed by atoms with E-state index in [1.165, 1.54) is 60.6 Å². The minimum atomic E-state index is -4.57. The van der Waals surface area contributed by atoms with Crippen molar-refractivity contribution in [3.05, 3.63) is 83.7 Å². The van der Waals surface area contributed by atoms with Crippen LogP contribution in [0.1, 0.15) is 25.0 Å². The molecule has 10 heteroatoms. The maximum Gasteiger partial charge on any atom is 0.416 e. The monoisotopic (exact) mass is 509 g/mol. The fraction of sp³-hybridized carbons (Fsp3) is 0.240. The highest BCUT2D eigenvalue weighted by molar-refractivity contribution is 7.82. The fourth-order valence-electron chi connectivity index (χ4n) is 3.22. The first kappa shape index (κ1) is 26.4. The molecule has 1 unspecified atom stereocenters. The van der Waals surface area contributed by atoms with Gasteiger partial charge in [-0.05, 0) is 73.5 Å². The maximum absolute atomic E-state index is 13.3. The zero-order chi connectivity index (χ0) is 26.0. The van der Waals surface area contributed by atoms with Crippen LogP contribution in [0.25, 0.3) is 11.1 Å². The average Bonchev–Trinajstić information content (AvgIpc) is 2.79. The lowest BCUT2D eigenvalue weighted by Gasteiger charge is -2.24. The number of ether oxygens (including phenoxy) is 1. The van der Waals surface area contributed by atoms with Crippen LogP contribution in [0, 0.1) is 5.82 Å². The van der Waals surface area contributed by atoms with Crippen molar-refractivity contribution in [1.82, 2.24) is 4.31 Å². The van der Waals surface area contributed by atoms with E-state index in [2.05, 4.69) is 0 Å².